The van der Waals surface area contributed by atoms with Crippen LogP contribution in [0, 0.1) is 6.92 Å². The molecule has 5 nitrogen and oxygen atoms in total. The van der Waals surface area contributed by atoms with E-state index < -0.39 is 0 Å². The third kappa shape index (κ3) is 2.80. The van der Waals surface area contributed by atoms with Gasteiger partial charge in [0, 0.05) is 12.2 Å². The highest BCUT2D eigenvalue weighted by Crippen LogP contribution is 2.05. The Morgan fingerprint density at radius 2 is 2.22 bits per heavy atom. The van der Waals surface area contributed by atoms with Crippen molar-refractivity contribution in [2.75, 3.05) is 0 Å². The van der Waals surface area contributed by atoms with Crippen LogP contribution in [0.25, 0.3) is 0 Å². The summed E-state index contributed by atoms with van der Waals surface area (Å²) in [4.78, 5) is 20.4. The van der Waals surface area contributed by atoms with E-state index in [1.54, 1.807) is 10.7 Å². The molecule has 0 amide bonds. The van der Waals surface area contributed by atoms with Gasteiger partial charge in [0.25, 0.3) is 0 Å². The molecule has 0 saturated carbocycles. The first-order valence-electron chi connectivity index (χ1n) is 6.04. The molecule has 0 unspecified atom stereocenters. The van der Waals surface area contributed by atoms with Gasteiger partial charge >= 0.3 is 0 Å². The molecule has 0 bridgehead atoms. The van der Waals surface area contributed by atoms with Gasteiger partial charge in [-0.3, -0.25) is 9.78 Å². The lowest BCUT2D eigenvalue weighted by molar-refractivity contribution is 0.0984. The molecule has 0 aliphatic heterocycles. The summed E-state index contributed by atoms with van der Waals surface area (Å²) in [5.41, 5.74) is 1.33. The summed E-state index contributed by atoms with van der Waals surface area (Å²) in [6.07, 6.45) is 2.70. The summed E-state index contributed by atoms with van der Waals surface area (Å²) in [5.74, 6) is 0.675. The maximum Gasteiger partial charge on any atom is 0.188 e. The van der Waals surface area contributed by atoms with E-state index in [1.165, 1.54) is 6.33 Å². The molecule has 2 heterocycles. The average molecular weight is 244 g/mol. The molecule has 0 saturated heterocycles. The van der Waals surface area contributed by atoms with Crippen LogP contribution in [0.4, 0.5) is 0 Å². The predicted octanol–water partition coefficient (Wildman–Crippen LogP) is 1.82. The molecular formula is C13H16N4O. The van der Waals surface area contributed by atoms with Gasteiger partial charge in [-0.2, -0.15) is 5.10 Å². The van der Waals surface area contributed by atoms with E-state index in [0.717, 1.165) is 18.7 Å². The Balaban J connectivity index is 2.14. The summed E-state index contributed by atoms with van der Waals surface area (Å²) in [6, 6.07) is 5.44. The number of carbonyl (C=O) groups is 1. The van der Waals surface area contributed by atoms with Gasteiger partial charge in [0.1, 0.15) is 17.8 Å². The first-order valence-corrected chi connectivity index (χ1v) is 6.04. The molecule has 0 radical (unpaired) electrons. The molecule has 2 rings (SSSR count). The zero-order valence-electron chi connectivity index (χ0n) is 10.6. The summed E-state index contributed by atoms with van der Waals surface area (Å²) < 4.78 is 1.77. The number of pyridine rings is 1. The van der Waals surface area contributed by atoms with Gasteiger partial charge in [-0.15, -0.1) is 0 Å². The number of Topliss-reactive ketones (excluding diaryl/α,β-unsaturated/α-hetero) is 1. The normalized spacial score (nSPS) is 10.6. The average Bonchev–Trinajstić information content (AvgIpc) is 2.77. The zero-order chi connectivity index (χ0) is 13.0. The van der Waals surface area contributed by atoms with Crippen LogP contribution in [0.15, 0.2) is 24.5 Å². The van der Waals surface area contributed by atoms with E-state index in [-0.39, 0.29) is 12.2 Å². The minimum absolute atomic E-state index is 0.0240. The smallest absolute Gasteiger partial charge is 0.188 e. The molecule has 18 heavy (non-hydrogen) atoms. The Labute approximate surface area is 106 Å². The Morgan fingerprint density at radius 3 is 2.94 bits per heavy atom. The Kier molecular flexibility index (Phi) is 3.82. The van der Waals surface area contributed by atoms with Crippen molar-refractivity contribution >= 4 is 5.78 Å². The third-order valence-electron chi connectivity index (χ3n) is 2.62. The number of nitrogens with zero attached hydrogens (tertiary/aromatic N) is 4. The number of hydrogen-bond donors (Lipinski definition) is 0. The first-order chi connectivity index (χ1) is 8.70. The second-order valence-electron chi connectivity index (χ2n) is 4.16. The van der Waals surface area contributed by atoms with Crippen molar-refractivity contribution in [2.45, 2.75) is 33.2 Å². The SMILES string of the molecule is CCCn1ncnc1CC(=O)c1cccc(C)n1. The van der Waals surface area contributed by atoms with Crippen LogP contribution in [0.1, 0.15) is 35.4 Å². The van der Waals surface area contributed by atoms with Crippen LogP contribution in [0.3, 0.4) is 0 Å². The molecule has 0 N–H and O–H groups in total. The molecule has 0 aliphatic rings. The maximum absolute atomic E-state index is 12.1. The van der Waals surface area contributed by atoms with E-state index in [0.29, 0.717) is 11.5 Å². The first kappa shape index (κ1) is 12.4. The Morgan fingerprint density at radius 1 is 1.39 bits per heavy atom. The molecule has 2 aromatic rings. The van der Waals surface area contributed by atoms with E-state index in [4.69, 9.17) is 0 Å². The number of carbonyl (C=O) groups excluding carboxylic acids is 1. The summed E-state index contributed by atoms with van der Waals surface area (Å²) >= 11 is 0. The number of hydrogen-bond acceptors (Lipinski definition) is 4. The van der Waals surface area contributed by atoms with Gasteiger partial charge in [-0.05, 0) is 25.5 Å². The quantitative estimate of drug-likeness (QED) is 0.753. The van der Waals surface area contributed by atoms with Crippen molar-refractivity contribution in [2.24, 2.45) is 0 Å². The van der Waals surface area contributed by atoms with Crippen molar-refractivity contribution in [3.8, 4) is 0 Å². The van der Waals surface area contributed by atoms with Crippen molar-refractivity contribution in [1.82, 2.24) is 19.7 Å². The van der Waals surface area contributed by atoms with E-state index in [9.17, 15) is 4.79 Å². The van der Waals surface area contributed by atoms with Crippen LogP contribution in [0.2, 0.25) is 0 Å². The number of ketones is 1. The largest absolute Gasteiger partial charge is 0.292 e. The van der Waals surface area contributed by atoms with Gasteiger partial charge in [0.05, 0.1) is 6.42 Å². The third-order valence-corrected chi connectivity index (χ3v) is 2.62. The molecule has 0 atom stereocenters. The highest BCUT2D eigenvalue weighted by Gasteiger charge is 2.13. The molecule has 0 fully saturated rings. The lowest BCUT2D eigenvalue weighted by Gasteiger charge is -2.04. The van der Waals surface area contributed by atoms with E-state index in [2.05, 4.69) is 22.0 Å². The van der Waals surface area contributed by atoms with E-state index in [1.807, 2.05) is 19.1 Å². The zero-order valence-corrected chi connectivity index (χ0v) is 10.6. The van der Waals surface area contributed by atoms with Crippen LogP contribution in [-0.2, 0) is 13.0 Å². The highest BCUT2D eigenvalue weighted by atomic mass is 16.1. The summed E-state index contributed by atoms with van der Waals surface area (Å²) in [5, 5.41) is 4.10. The molecule has 0 aliphatic carbocycles. The number of aryl methyl sites for hydroxylation is 2. The van der Waals surface area contributed by atoms with Crippen LogP contribution >= 0.6 is 0 Å². The fourth-order valence-corrected chi connectivity index (χ4v) is 1.76. The topological polar surface area (TPSA) is 60.7 Å². The maximum atomic E-state index is 12.1. The number of aromatic nitrogens is 4. The minimum Gasteiger partial charge on any atom is -0.292 e. The van der Waals surface area contributed by atoms with Gasteiger partial charge in [0.2, 0.25) is 0 Å². The predicted molar refractivity (Wildman–Crippen MR) is 67.3 cm³/mol. The van der Waals surface area contributed by atoms with E-state index >= 15 is 0 Å². The molecular weight excluding hydrogens is 228 g/mol. The van der Waals surface area contributed by atoms with Crippen molar-refractivity contribution < 1.29 is 4.79 Å². The fraction of sp³-hybridized carbons (Fsp3) is 0.385. The van der Waals surface area contributed by atoms with Gasteiger partial charge < -0.3 is 0 Å². The highest BCUT2D eigenvalue weighted by molar-refractivity contribution is 5.95. The molecule has 5 heteroatoms. The monoisotopic (exact) mass is 244 g/mol. The van der Waals surface area contributed by atoms with Gasteiger partial charge in [-0.25, -0.2) is 9.67 Å². The molecule has 0 spiro atoms. The lowest BCUT2D eigenvalue weighted by atomic mass is 10.2. The minimum atomic E-state index is -0.0240. The van der Waals surface area contributed by atoms with Crippen LogP contribution < -0.4 is 0 Å². The van der Waals surface area contributed by atoms with Crippen LogP contribution in [0.5, 0.6) is 0 Å². The van der Waals surface area contributed by atoms with Gasteiger partial charge in [0.15, 0.2) is 5.78 Å². The van der Waals surface area contributed by atoms with Crippen molar-refractivity contribution in [3.05, 3.63) is 41.7 Å². The lowest BCUT2D eigenvalue weighted by Crippen LogP contribution is -2.12. The summed E-state index contributed by atoms with van der Waals surface area (Å²) in [7, 11) is 0. The van der Waals surface area contributed by atoms with Gasteiger partial charge in [-0.1, -0.05) is 13.0 Å². The summed E-state index contributed by atoms with van der Waals surface area (Å²) in [6.45, 7) is 4.72. The fourth-order valence-electron chi connectivity index (χ4n) is 1.76. The molecule has 2 aromatic heterocycles. The van der Waals surface area contributed by atoms with Crippen molar-refractivity contribution in [1.29, 1.82) is 0 Å². The van der Waals surface area contributed by atoms with Crippen molar-refractivity contribution in [3.63, 3.8) is 0 Å². The molecule has 0 aromatic carbocycles. The second kappa shape index (κ2) is 5.53. The Bertz CT molecular complexity index is 547. The molecule has 94 valence electrons. The second-order valence-corrected chi connectivity index (χ2v) is 4.16. The standard InChI is InChI=1S/C13H16N4O/c1-3-7-17-13(14-9-15-17)8-12(18)11-6-4-5-10(2)16-11/h4-6,9H,3,7-8H2,1-2H3. The Hall–Kier alpha value is -2.04. The van der Waals surface area contributed by atoms with Crippen LogP contribution in [-0.4, -0.2) is 25.5 Å². The number of rotatable bonds is 5.